The lowest BCUT2D eigenvalue weighted by molar-refractivity contribution is -0.143. The summed E-state index contributed by atoms with van der Waals surface area (Å²) in [6.07, 6.45) is 0. The molecule has 0 aliphatic rings. The van der Waals surface area contributed by atoms with E-state index in [9.17, 15) is 9.59 Å². The summed E-state index contributed by atoms with van der Waals surface area (Å²) in [6.45, 7) is 6.56. The van der Waals surface area contributed by atoms with Gasteiger partial charge in [0.25, 0.3) is 5.91 Å². The van der Waals surface area contributed by atoms with Crippen molar-refractivity contribution in [1.82, 2.24) is 5.32 Å². The van der Waals surface area contributed by atoms with Crippen LogP contribution in [-0.4, -0.2) is 38.7 Å². The number of amides is 1. The maximum atomic E-state index is 12.1. The average Bonchev–Trinajstić information content (AvgIpc) is 2.69. The number of rotatable bonds is 8. The van der Waals surface area contributed by atoms with Gasteiger partial charge in [0, 0.05) is 0 Å². The van der Waals surface area contributed by atoms with Crippen LogP contribution < -0.4 is 14.8 Å². The first-order valence-electron chi connectivity index (χ1n) is 9.11. The van der Waals surface area contributed by atoms with Crippen molar-refractivity contribution in [3.05, 3.63) is 59.7 Å². The van der Waals surface area contributed by atoms with Gasteiger partial charge in [0.1, 0.15) is 31.3 Å². The average molecular weight is 385 g/mol. The Morgan fingerprint density at radius 3 is 2.29 bits per heavy atom. The molecule has 1 N–H and O–H groups in total. The molecule has 6 heteroatoms. The second kappa shape index (κ2) is 9.78. The van der Waals surface area contributed by atoms with Crippen molar-refractivity contribution in [1.29, 1.82) is 0 Å². The summed E-state index contributed by atoms with van der Waals surface area (Å²) in [5.74, 6) is 0.229. The minimum atomic E-state index is -0.532. The van der Waals surface area contributed by atoms with E-state index in [1.807, 2.05) is 24.3 Å². The van der Waals surface area contributed by atoms with Crippen molar-refractivity contribution in [2.45, 2.75) is 26.2 Å². The topological polar surface area (TPSA) is 73.9 Å². The predicted octanol–water partition coefficient (Wildman–Crippen LogP) is 3.34. The summed E-state index contributed by atoms with van der Waals surface area (Å²) in [5, 5.41) is 2.52. The van der Waals surface area contributed by atoms with Crippen LogP contribution in [0.3, 0.4) is 0 Å². The maximum absolute atomic E-state index is 12.1. The van der Waals surface area contributed by atoms with Crippen LogP contribution in [0.5, 0.6) is 11.5 Å². The Bertz CT molecular complexity index is 793. The number of hydrogen-bond donors (Lipinski definition) is 1. The van der Waals surface area contributed by atoms with E-state index >= 15 is 0 Å². The van der Waals surface area contributed by atoms with Crippen LogP contribution in [0.25, 0.3) is 0 Å². The number of ether oxygens (including phenoxy) is 3. The van der Waals surface area contributed by atoms with Gasteiger partial charge in [0.05, 0.1) is 12.7 Å². The Morgan fingerprint density at radius 2 is 1.64 bits per heavy atom. The SMILES string of the molecule is COc1ccccc1C(=O)NCC(=O)OCCOc1ccc(C(C)(C)C)cc1. The van der Waals surface area contributed by atoms with E-state index in [2.05, 4.69) is 26.1 Å². The zero-order chi connectivity index (χ0) is 20.6. The highest BCUT2D eigenvalue weighted by atomic mass is 16.6. The van der Waals surface area contributed by atoms with E-state index in [0.29, 0.717) is 17.1 Å². The van der Waals surface area contributed by atoms with Crippen molar-refractivity contribution in [2.75, 3.05) is 26.9 Å². The second-order valence-electron chi connectivity index (χ2n) is 7.23. The van der Waals surface area contributed by atoms with Gasteiger partial charge in [-0.1, -0.05) is 45.0 Å². The van der Waals surface area contributed by atoms with Gasteiger partial charge in [-0.05, 0) is 35.2 Å². The summed E-state index contributed by atoms with van der Waals surface area (Å²) in [5.41, 5.74) is 1.67. The second-order valence-corrected chi connectivity index (χ2v) is 7.23. The number of methoxy groups -OCH3 is 1. The van der Waals surface area contributed by atoms with Crippen LogP contribution in [0.2, 0.25) is 0 Å². The molecule has 0 aliphatic heterocycles. The van der Waals surface area contributed by atoms with Crippen molar-refractivity contribution in [3.63, 3.8) is 0 Å². The van der Waals surface area contributed by atoms with E-state index in [0.717, 1.165) is 0 Å². The molecule has 0 saturated carbocycles. The normalized spacial score (nSPS) is 10.9. The smallest absolute Gasteiger partial charge is 0.325 e. The number of para-hydroxylation sites is 1. The Morgan fingerprint density at radius 1 is 0.964 bits per heavy atom. The van der Waals surface area contributed by atoms with Crippen LogP contribution in [0.4, 0.5) is 0 Å². The third-order valence-corrected chi connectivity index (χ3v) is 4.08. The fourth-order valence-electron chi connectivity index (χ4n) is 2.50. The van der Waals surface area contributed by atoms with Gasteiger partial charge in [-0.25, -0.2) is 0 Å². The summed E-state index contributed by atoms with van der Waals surface area (Å²) in [6, 6.07) is 14.6. The molecule has 0 unspecified atom stereocenters. The molecule has 2 rings (SSSR count). The van der Waals surface area contributed by atoms with E-state index in [-0.39, 0.29) is 25.2 Å². The zero-order valence-electron chi connectivity index (χ0n) is 16.8. The quantitative estimate of drug-likeness (QED) is 0.557. The van der Waals surface area contributed by atoms with Crippen molar-refractivity contribution < 1.29 is 23.8 Å². The van der Waals surface area contributed by atoms with Gasteiger partial charge >= 0.3 is 5.97 Å². The zero-order valence-corrected chi connectivity index (χ0v) is 16.8. The minimum Gasteiger partial charge on any atom is -0.496 e. The molecule has 0 saturated heterocycles. The summed E-state index contributed by atoms with van der Waals surface area (Å²) in [4.78, 5) is 23.9. The number of benzene rings is 2. The van der Waals surface area contributed by atoms with Crippen molar-refractivity contribution in [3.8, 4) is 11.5 Å². The molecule has 6 nitrogen and oxygen atoms in total. The highest BCUT2D eigenvalue weighted by Gasteiger charge is 2.14. The highest BCUT2D eigenvalue weighted by Crippen LogP contribution is 2.24. The fraction of sp³-hybridized carbons (Fsp3) is 0.364. The van der Waals surface area contributed by atoms with Gasteiger partial charge in [0.2, 0.25) is 0 Å². The number of carbonyl (C=O) groups is 2. The monoisotopic (exact) mass is 385 g/mol. The number of hydrogen-bond acceptors (Lipinski definition) is 5. The molecule has 28 heavy (non-hydrogen) atoms. The molecule has 0 heterocycles. The Balaban J connectivity index is 1.69. The van der Waals surface area contributed by atoms with Crippen LogP contribution in [0, 0.1) is 0 Å². The molecule has 0 aliphatic carbocycles. The van der Waals surface area contributed by atoms with Crippen LogP contribution >= 0.6 is 0 Å². The van der Waals surface area contributed by atoms with Gasteiger partial charge in [-0.3, -0.25) is 9.59 Å². The van der Waals surface area contributed by atoms with Crippen LogP contribution in [0.15, 0.2) is 48.5 Å². The van der Waals surface area contributed by atoms with Gasteiger partial charge in [-0.2, -0.15) is 0 Å². The standard InChI is InChI=1S/C22H27NO5/c1-22(2,3)16-9-11-17(12-10-16)27-13-14-28-20(24)15-23-21(25)18-7-5-6-8-19(18)26-4/h5-12H,13-15H2,1-4H3,(H,23,25). The molecular formula is C22H27NO5. The predicted molar refractivity (Wildman–Crippen MR) is 107 cm³/mol. The molecule has 150 valence electrons. The lowest BCUT2D eigenvalue weighted by Gasteiger charge is -2.19. The maximum Gasteiger partial charge on any atom is 0.325 e. The first-order chi connectivity index (χ1) is 13.3. The third-order valence-electron chi connectivity index (χ3n) is 4.08. The summed E-state index contributed by atoms with van der Waals surface area (Å²) >= 11 is 0. The van der Waals surface area contributed by atoms with Crippen LogP contribution in [-0.2, 0) is 14.9 Å². The molecule has 0 radical (unpaired) electrons. The van der Waals surface area contributed by atoms with Gasteiger partial charge < -0.3 is 19.5 Å². The van der Waals surface area contributed by atoms with Crippen LogP contribution in [0.1, 0.15) is 36.7 Å². The van der Waals surface area contributed by atoms with E-state index < -0.39 is 11.9 Å². The Hall–Kier alpha value is -3.02. The molecule has 0 bridgehead atoms. The Labute approximate surface area is 165 Å². The Kier molecular flexibility index (Phi) is 7.44. The molecule has 1 amide bonds. The van der Waals surface area contributed by atoms with Gasteiger partial charge in [0.15, 0.2) is 0 Å². The molecule has 2 aromatic carbocycles. The molecule has 0 aromatic heterocycles. The number of nitrogens with one attached hydrogen (secondary N) is 1. The first-order valence-corrected chi connectivity index (χ1v) is 9.11. The molecule has 0 fully saturated rings. The highest BCUT2D eigenvalue weighted by molar-refractivity contribution is 5.98. The van der Waals surface area contributed by atoms with E-state index in [1.165, 1.54) is 12.7 Å². The van der Waals surface area contributed by atoms with E-state index in [4.69, 9.17) is 14.2 Å². The molecule has 0 spiro atoms. The molecule has 2 aromatic rings. The summed E-state index contributed by atoms with van der Waals surface area (Å²) in [7, 11) is 1.48. The molecular weight excluding hydrogens is 358 g/mol. The lowest BCUT2D eigenvalue weighted by Crippen LogP contribution is -2.31. The summed E-state index contributed by atoms with van der Waals surface area (Å²) < 4.78 is 15.8. The largest absolute Gasteiger partial charge is 0.496 e. The first kappa shape index (κ1) is 21.3. The number of esters is 1. The minimum absolute atomic E-state index is 0.0856. The van der Waals surface area contributed by atoms with Gasteiger partial charge in [-0.15, -0.1) is 0 Å². The van der Waals surface area contributed by atoms with Crippen molar-refractivity contribution >= 4 is 11.9 Å². The third kappa shape index (κ3) is 6.30. The number of carbonyl (C=O) groups excluding carboxylic acids is 2. The fourth-order valence-corrected chi connectivity index (χ4v) is 2.50. The van der Waals surface area contributed by atoms with Crippen molar-refractivity contribution in [2.24, 2.45) is 0 Å². The van der Waals surface area contributed by atoms with E-state index in [1.54, 1.807) is 24.3 Å². The lowest BCUT2D eigenvalue weighted by atomic mass is 9.87. The molecule has 0 atom stereocenters.